The van der Waals surface area contributed by atoms with Crippen LogP contribution in [-0.4, -0.2) is 43.5 Å². The minimum atomic E-state index is -2.79. The third kappa shape index (κ3) is 4.19. The van der Waals surface area contributed by atoms with E-state index in [1.165, 1.54) is 0 Å². The Kier molecular flexibility index (Phi) is 4.73. The summed E-state index contributed by atoms with van der Waals surface area (Å²) in [6, 6.07) is 0.516. The van der Waals surface area contributed by atoms with Crippen LogP contribution in [0.15, 0.2) is 0 Å². The summed E-state index contributed by atoms with van der Waals surface area (Å²) < 4.78 is 22.4. The van der Waals surface area contributed by atoms with Crippen LogP contribution in [0.2, 0.25) is 0 Å². The summed E-state index contributed by atoms with van der Waals surface area (Å²) in [7, 11) is -2.79. The second-order valence-corrected chi connectivity index (χ2v) is 7.71. The van der Waals surface area contributed by atoms with E-state index in [0.717, 1.165) is 17.4 Å². The van der Waals surface area contributed by atoms with Gasteiger partial charge < -0.3 is 5.32 Å². The molecule has 0 spiro atoms. The maximum atomic E-state index is 11.2. The van der Waals surface area contributed by atoms with Crippen molar-refractivity contribution < 1.29 is 8.42 Å². The highest BCUT2D eigenvalue weighted by Crippen LogP contribution is 2.25. The van der Waals surface area contributed by atoms with E-state index in [4.69, 9.17) is 0 Å². The van der Waals surface area contributed by atoms with Crippen molar-refractivity contribution in [1.29, 1.82) is 0 Å². The topological polar surface area (TPSA) is 46.2 Å². The molecule has 0 radical (unpaired) electrons. The van der Waals surface area contributed by atoms with Gasteiger partial charge in [-0.3, -0.25) is 0 Å². The Morgan fingerprint density at radius 2 is 2.21 bits per heavy atom. The van der Waals surface area contributed by atoms with Crippen LogP contribution in [0.25, 0.3) is 0 Å². The SMILES string of the molecule is CCS(=O)(=O)CCNC1CSC(C)C1. The normalized spacial score (nSPS) is 28.1. The molecular weight excluding hydrogens is 218 g/mol. The molecule has 5 heteroatoms. The monoisotopic (exact) mass is 237 g/mol. The average molecular weight is 237 g/mol. The summed E-state index contributed by atoms with van der Waals surface area (Å²) in [6.45, 7) is 4.52. The van der Waals surface area contributed by atoms with Crippen LogP contribution >= 0.6 is 11.8 Å². The molecule has 2 unspecified atom stereocenters. The van der Waals surface area contributed by atoms with E-state index in [9.17, 15) is 8.42 Å². The van der Waals surface area contributed by atoms with E-state index in [2.05, 4.69) is 12.2 Å². The van der Waals surface area contributed by atoms with Crippen molar-refractivity contribution in [3.05, 3.63) is 0 Å². The van der Waals surface area contributed by atoms with Gasteiger partial charge in [-0.05, 0) is 6.42 Å². The van der Waals surface area contributed by atoms with Gasteiger partial charge in [0.05, 0.1) is 5.75 Å². The Morgan fingerprint density at radius 1 is 1.50 bits per heavy atom. The van der Waals surface area contributed by atoms with Crippen LogP contribution in [-0.2, 0) is 9.84 Å². The largest absolute Gasteiger partial charge is 0.312 e. The summed E-state index contributed by atoms with van der Waals surface area (Å²) in [5.74, 6) is 1.65. The average Bonchev–Trinajstić information content (AvgIpc) is 2.51. The number of thioether (sulfide) groups is 1. The van der Waals surface area contributed by atoms with Gasteiger partial charge in [0.1, 0.15) is 0 Å². The quantitative estimate of drug-likeness (QED) is 0.772. The molecule has 84 valence electrons. The highest BCUT2D eigenvalue weighted by Gasteiger charge is 2.21. The van der Waals surface area contributed by atoms with Gasteiger partial charge >= 0.3 is 0 Å². The Balaban J connectivity index is 2.16. The molecule has 2 atom stereocenters. The number of rotatable bonds is 5. The molecule has 1 heterocycles. The Labute approximate surface area is 91.0 Å². The molecule has 0 saturated carbocycles. The number of hydrogen-bond donors (Lipinski definition) is 1. The fourth-order valence-electron chi connectivity index (χ4n) is 1.52. The molecular formula is C9H19NO2S2. The van der Waals surface area contributed by atoms with E-state index in [0.29, 0.717) is 12.6 Å². The first-order valence-electron chi connectivity index (χ1n) is 5.09. The lowest BCUT2D eigenvalue weighted by atomic mass is 10.2. The smallest absolute Gasteiger partial charge is 0.151 e. The van der Waals surface area contributed by atoms with Crippen LogP contribution < -0.4 is 5.32 Å². The van der Waals surface area contributed by atoms with E-state index < -0.39 is 9.84 Å². The molecule has 0 amide bonds. The van der Waals surface area contributed by atoms with Gasteiger partial charge in [-0.1, -0.05) is 13.8 Å². The Morgan fingerprint density at radius 3 is 2.71 bits per heavy atom. The summed E-state index contributed by atoms with van der Waals surface area (Å²) >= 11 is 1.96. The zero-order valence-corrected chi connectivity index (χ0v) is 10.5. The predicted octanol–water partition coefficient (Wildman–Crippen LogP) is 0.905. The van der Waals surface area contributed by atoms with Crippen molar-refractivity contribution in [3.63, 3.8) is 0 Å². The Hall–Kier alpha value is 0.260. The zero-order valence-electron chi connectivity index (χ0n) is 8.82. The molecule has 3 nitrogen and oxygen atoms in total. The van der Waals surface area contributed by atoms with Crippen LogP contribution in [0, 0.1) is 0 Å². The van der Waals surface area contributed by atoms with E-state index in [-0.39, 0.29) is 11.5 Å². The van der Waals surface area contributed by atoms with Crippen LogP contribution in [0.4, 0.5) is 0 Å². The van der Waals surface area contributed by atoms with Gasteiger partial charge in [-0.2, -0.15) is 11.8 Å². The van der Waals surface area contributed by atoms with E-state index in [1.807, 2.05) is 11.8 Å². The number of sulfone groups is 1. The van der Waals surface area contributed by atoms with Crippen molar-refractivity contribution in [1.82, 2.24) is 5.32 Å². The lowest BCUT2D eigenvalue weighted by molar-refractivity contribution is 0.548. The summed E-state index contributed by atoms with van der Waals surface area (Å²) in [6.07, 6.45) is 1.16. The van der Waals surface area contributed by atoms with Crippen LogP contribution in [0.3, 0.4) is 0 Å². The molecule has 1 rings (SSSR count). The van der Waals surface area contributed by atoms with Crippen molar-refractivity contribution in [2.45, 2.75) is 31.6 Å². The summed E-state index contributed by atoms with van der Waals surface area (Å²) in [4.78, 5) is 0. The molecule has 0 aliphatic carbocycles. The molecule has 1 fully saturated rings. The van der Waals surface area contributed by atoms with Gasteiger partial charge in [0, 0.05) is 29.3 Å². The molecule has 1 aliphatic heterocycles. The minimum absolute atomic E-state index is 0.254. The first-order valence-corrected chi connectivity index (χ1v) is 7.96. The van der Waals surface area contributed by atoms with E-state index >= 15 is 0 Å². The fourth-order valence-corrected chi connectivity index (χ4v) is 3.42. The van der Waals surface area contributed by atoms with Gasteiger partial charge in [0.25, 0.3) is 0 Å². The fraction of sp³-hybridized carbons (Fsp3) is 1.00. The van der Waals surface area contributed by atoms with Gasteiger partial charge in [-0.15, -0.1) is 0 Å². The first-order chi connectivity index (χ1) is 6.53. The highest BCUT2D eigenvalue weighted by atomic mass is 32.2. The third-order valence-electron chi connectivity index (χ3n) is 2.48. The van der Waals surface area contributed by atoms with E-state index in [1.54, 1.807) is 6.92 Å². The molecule has 1 saturated heterocycles. The molecule has 0 aromatic rings. The lowest BCUT2D eigenvalue weighted by Crippen LogP contribution is -2.33. The van der Waals surface area contributed by atoms with Crippen LogP contribution in [0.5, 0.6) is 0 Å². The molecule has 0 aromatic carbocycles. The Bertz CT molecular complexity index is 264. The van der Waals surface area contributed by atoms with Gasteiger partial charge in [-0.25, -0.2) is 8.42 Å². The van der Waals surface area contributed by atoms with Gasteiger partial charge in [0.2, 0.25) is 0 Å². The standard InChI is InChI=1S/C9H19NO2S2/c1-3-14(11,12)5-4-10-9-6-8(2)13-7-9/h8-10H,3-7H2,1-2H3. The molecule has 1 aliphatic rings. The molecule has 0 aromatic heterocycles. The zero-order chi connectivity index (χ0) is 10.6. The first kappa shape index (κ1) is 12.3. The minimum Gasteiger partial charge on any atom is -0.312 e. The van der Waals surface area contributed by atoms with Crippen molar-refractivity contribution in [2.75, 3.05) is 23.8 Å². The third-order valence-corrected chi connectivity index (χ3v) is 5.55. The summed E-state index contributed by atoms with van der Waals surface area (Å²) in [5.41, 5.74) is 0. The maximum Gasteiger partial charge on any atom is 0.151 e. The molecule has 1 N–H and O–H groups in total. The molecule has 14 heavy (non-hydrogen) atoms. The number of nitrogens with one attached hydrogen (secondary N) is 1. The maximum absolute atomic E-state index is 11.2. The van der Waals surface area contributed by atoms with Crippen molar-refractivity contribution >= 4 is 21.6 Å². The summed E-state index contributed by atoms with van der Waals surface area (Å²) in [5, 5.41) is 4.02. The van der Waals surface area contributed by atoms with Crippen molar-refractivity contribution in [3.8, 4) is 0 Å². The van der Waals surface area contributed by atoms with Gasteiger partial charge in [0.15, 0.2) is 9.84 Å². The lowest BCUT2D eigenvalue weighted by Gasteiger charge is -2.10. The van der Waals surface area contributed by atoms with Crippen LogP contribution in [0.1, 0.15) is 20.3 Å². The van der Waals surface area contributed by atoms with Crippen molar-refractivity contribution in [2.24, 2.45) is 0 Å². The highest BCUT2D eigenvalue weighted by molar-refractivity contribution is 8.00. The number of hydrogen-bond acceptors (Lipinski definition) is 4. The second-order valence-electron chi connectivity index (χ2n) is 3.77. The molecule has 0 bridgehead atoms. The predicted molar refractivity (Wildman–Crippen MR) is 62.7 cm³/mol. The second kappa shape index (κ2) is 5.37.